The number of carbonyl (C=O) groups excluding carboxylic acids is 1. The molecular formula is C45H85NO8. The van der Waals surface area contributed by atoms with Gasteiger partial charge in [0.1, 0.15) is 24.4 Å². The highest BCUT2D eigenvalue weighted by molar-refractivity contribution is 5.76. The van der Waals surface area contributed by atoms with Gasteiger partial charge in [-0.1, -0.05) is 179 Å². The standard InChI is InChI=1S/C45H85NO8/c1-3-5-7-9-11-13-15-17-18-19-20-21-23-25-27-29-31-33-35-41(49)46-38(37-53-45-44(52)43(51)42(50)40(36-47)54-45)39(48)34-32-30-28-26-24-22-16-14-12-10-8-6-4-2/h8,10,32,34,38-40,42-45,47-48,50-52H,3-7,9,11-31,33,35-37H2,1-2H3,(H,46,49)/b10-8-,34-32+/t38-,39+,40+,42-,43-,44+,45+/m0/s1. The van der Waals surface area contributed by atoms with Crippen molar-refractivity contribution < 1.29 is 39.8 Å². The molecule has 0 radical (unpaired) electrons. The van der Waals surface area contributed by atoms with Crippen LogP contribution in [0, 0.1) is 0 Å². The third-order valence-electron chi connectivity index (χ3n) is 10.8. The molecule has 0 aliphatic carbocycles. The van der Waals surface area contributed by atoms with Crippen LogP contribution in [0.15, 0.2) is 24.3 Å². The molecule has 1 aliphatic heterocycles. The van der Waals surface area contributed by atoms with E-state index in [1.54, 1.807) is 6.08 Å². The number of unbranched alkanes of at least 4 members (excludes halogenated alkanes) is 25. The monoisotopic (exact) mass is 768 g/mol. The fraction of sp³-hybridized carbons (Fsp3) is 0.889. The molecule has 318 valence electrons. The summed E-state index contributed by atoms with van der Waals surface area (Å²) in [5.74, 6) is -0.179. The van der Waals surface area contributed by atoms with Crippen molar-refractivity contribution in [2.75, 3.05) is 13.2 Å². The maximum atomic E-state index is 12.9. The fourth-order valence-corrected chi connectivity index (χ4v) is 7.10. The van der Waals surface area contributed by atoms with Crippen molar-refractivity contribution in [2.45, 2.75) is 243 Å². The van der Waals surface area contributed by atoms with E-state index in [0.29, 0.717) is 6.42 Å². The number of aliphatic hydroxyl groups excluding tert-OH is 5. The zero-order valence-electron chi connectivity index (χ0n) is 34.7. The van der Waals surface area contributed by atoms with E-state index in [9.17, 15) is 30.3 Å². The molecule has 9 nitrogen and oxygen atoms in total. The zero-order chi connectivity index (χ0) is 39.5. The van der Waals surface area contributed by atoms with Crippen molar-refractivity contribution in [3.05, 3.63) is 24.3 Å². The van der Waals surface area contributed by atoms with Crippen LogP contribution in [-0.2, 0) is 14.3 Å². The van der Waals surface area contributed by atoms with E-state index in [2.05, 4.69) is 31.3 Å². The molecule has 0 aromatic heterocycles. The second kappa shape index (κ2) is 36.0. The Bertz CT molecular complexity index is 899. The lowest BCUT2D eigenvalue weighted by atomic mass is 9.99. The van der Waals surface area contributed by atoms with E-state index in [1.807, 2.05) is 6.08 Å². The number of carbonyl (C=O) groups is 1. The lowest BCUT2D eigenvalue weighted by molar-refractivity contribution is -0.302. The molecule has 9 heteroatoms. The molecule has 0 spiro atoms. The molecule has 1 rings (SSSR count). The molecule has 0 bridgehead atoms. The van der Waals surface area contributed by atoms with Gasteiger partial charge in [0.15, 0.2) is 6.29 Å². The molecule has 1 saturated heterocycles. The van der Waals surface area contributed by atoms with Crippen molar-refractivity contribution in [1.29, 1.82) is 0 Å². The Hall–Kier alpha value is -1.33. The topological polar surface area (TPSA) is 149 Å². The Morgan fingerprint density at radius 3 is 1.57 bits per heavy atom. The van der Waals surface area contributed by atoms with E-state index < -0.39 is 49.5 Å². The maximum Gasteiger partial charge on any atom is 0.220 e. The van der Waals surface area contributed by atoms with Crippen molar-refractivity contribution in [3.63, 3.8) is 0 Å². The minimum atomic E-state index is -1.56. The van der Waals surface area contributed by atoms with E-state index in [4.69, 9.17) is 9.47 Å². The lowest BCUT2D eigenvalue weighted by Crippen LogP contribution is -2.60. The Kier molecular flexibility index (Phi) is 33.8. The molecule has 6 N–H and O–H groups in total. The highest BCUT2D eigenvalue weighted by Gasteiger charge is 2.44. The second-order valence-corrected chi connectivity index (χ2v) is 15.8. The highest BCUT2D eigenvalue weighted by Crippen LogP contribution is 2.22. The van der Waals surface area contributed by atoms with Gasteiger partial charge in [0.05, 0.1) is 25.4 Å². The SMILES string of the molecule is CCC/C=C\CCCCCCCC/C=C/[C@@H](O)[C@H](CO[C@@H]1O[C@H](CO)[C@H](O)[C@H](O)[C@H]1O)NC(=O)CCCCCCCCCCCCCCCCCCCC. The van der Waals surface area contributed by atoms with Crippen LogP contribution < -0.4 is 5.32 Å². The molecule has 7 atom stereocenters. The van der Waals surface area contributed by atoms with Crippen molar-refractivity contribution in [3.8, 4) is 0 Å². The van der Waals surface area contributed by atoms with Crippen LogP contribution in [0.4, 0.5) is 0 Å². The van der Waals surface area contributed by atoms with Crippen molar-refractivity contribution in [2.24, 2.45) is 0 Å². The number of rotatable bonds is 37. The summed E-state index contributed by atoms with van der Waals surface area (Å²) >= 11 is 0. The van der Waals surface area contributed by atoms with Gasteiger partial charge >= 0.3 is 0 Å². The van der Waals surface area contributed by atoms with Crippen molar-refractivity contribution in [1.82, 2.24) is 5.32 Å². The van der Waals surface area contributed by atoms with Crippen LogP contribution in [0.2, 0.25) is 0 Å². The van der Waals surface area contributed by atoms with Crippen molar-refractivity contribution >= 4 is 5.91 Å². The minimum absolute atomic E-state index is 0.179. The number of nitrogens with one attached hydrogen (secondary N) is 1. The molecule has 1 heterocycles. The van der Waals surface area contributed by atoms with Gasteiger partial charge in [0, 0.05) is 6.42 Å². The summed E-state index contributed by atoms with van der Waals surface area (Å²) in [6.45, 7) is 3.72. The summed E-state index contributed by atoms with van der Waals surface area (Å²) in [6.07, 6.45) is 35.0. The Balaban J connectivity index is 2.34. The predicted molar refractivity (Wildman–Crippen MR) is 221 cm³/mol. The molecule has 0 unspecified atom stereocenters. The van der Waals surface area contributed by atoms with E-state index in [1.165, 1.54) is 135 Å². The molecule has 1 aliphatic rings. The number of amides is 1. The maximum absolute atomic E-state index is 12.9. The molecule has 1 fully saturated rings. The van der Waals surface area contributed by atoms with Gasteiger partial charge in [-0.05, 0) is 38.5 Å². The first-order valence-electron chi connectivity index (χ1n) is 22.6. The first-order valence-corrected chi connectivity index (χ1v) is 22.6. The van der Waals surface area contributed by atoms with Gasteiger partial charge in [0.2, 0.25) is 5.91 Å². The smallest absolute Gasteiger partial charge is 0.220 e. The van der Waals surface area contributed by atoms with Gasteiger partial charge in [-0.15, -0.1) is 0 Å². The lowest BCUT2D eigenvalue weighted by Gasteiger charge is -2.40. The first kappa shape index (κ1) is 50.7. The minimum Gasteiger partial charge on any atom is -0.394 e. The van der Waals surface area contributed by atoms with Crippen LogP contribution in [0.3, 0.4) is 0 Å². The van der Waals surface area contributed by atoms with E-state index >= 15 is 0 Å². The summed E-state index contributed by atoms with van der Waals surface area (Å²) in [5.41, 5.74) is 0. The molecule has 1 amide bonds. The number of allylic oxidation sites excluding steroid dienone is 3. The number of hydrogen-bond donors (Lipinski definition) is 6. The van der Waals surface area contributed by atoms with Gasteiger partial charge in [0.25, 0.3) is 0 Å². The fourth-order valence-electron chi connectivity index (χ4n) is 7.10. The Morgan fingerprint density at radius 2 is 1.07 bits per heavy atom. The van der Waals surface area contributed by atoms with Crippen LogP contribution in [0.1, 0.15) is 200 Å². The summed E-state index contributed by atoms with van der Waals surface area (Å²) < 4.78 is 11.2. The summed E-state index contributed by atoms with van der Waals surface area (Å²) in [7, 11) is 0. The zero-order valence-corrected chi connectivity index (χ0v) is 34.7. The number of ether oxygens (including phenoxy) is 2. The summed E-state index contributed by atoms with van der Waals surface area (Å²) in [4.78, 5) is 12.9. The van der Waals surface area contributed by atoms with Gasteiger partial charge in [-0.25, -0.2) is 0 Å². The molecule has 0 aromatic carbocycles. The van der Waals surface area contributed by atoms with Gasteiger partial charge < -0.3 is 40.3 Å². The van der Waals surface area contributed by atoms with Crippen LogP contribution in [0.5, 0.6) is 0 Å². The molecular weight excluding hydrogens is 682 g/mol. The third-order valence-corrected chi connectivity index (χ3v) is 10.8. The van der Waals surface area contributed by atoms with Crippen LogP contribution in [-0.4, -0.2) is 87.5 Å². The second-order valence-electron chi connectivity index (χ2n) is 15.8. The van der Waals surface area contributed by atoms with E-state index in [-0.39, 0.29) is 12.5 Å². The quantitative estimate of drug-likeness (QED) is 0.0271. The third kappa shape index (κ3) is 26.5. The normalized spacial score (nSPS) is 21.6. The Labute approximate surface area is 330 Å². The number of aliphatic hydroxyl groups is 5. The van der Waals surface area contributed by atoms with E-state index in [0.717, 1.165) is 44.9 Å². The molecule has 0 saturated carbocycles. The summed E-state index contributed by atoms with van der Waals surface area (Å²) in [6, 6.07) is -0.803. The molecule has 0 aromatic rings. The average Bonchev–Trinajstić information content (AvgIpc) is 3.17. The highest BCUT2D eigenvalue weighted by atomic mass is 16.7. The van der Waals surface area contributed by atoms with Gasteiger partial charge in [-0.3, -0.25) is 4.79 Å². The summed E-state index contributed by atoms with van der Waals surface area (Å²) in [5, 5.41) is 54.1. The largest absolute Gasteiger partial charge is 0.394 e. The van der Waals surface area contributed by atoms with Crippen LogP contribution >= 0.6 is 0 Å². The molecule has 54 heavy (non-hydrogen) atoms. The van der Waals surface area contributed by atoms with Gasteiger partial charge in [-0.2, -0.15) is 0 Å². The number of hydrogen-bond acceptors (Lipinski definition) is 8. The first-order chi connectivity index (χ1) is 26.3. The average molecular weight is 768 g/mol. The predicted octanol–water partition coefficient (Wildman–Crippen LogP) is 9.11. The van der Waals surface area contributed by atoms with Crippen LogP contribution in [0.25, 0.3) is 0 Å². The Morgan fingerprint density at radius 1 is 0.611 bits per heavy atom.